The summed E-state index contributed by atoms with van der Waals surface area (Å²) in [7, 11) is 1.85. The average Bonchev–Trinajstić information content (AvgIpc) is 2.79. The molecule has 0 aliphatic heterocycles. The number of hydrogen-bond acceptors (Lipinski definition) is 1. The molecule has 0 saturated carbocycles. The van der Waals surface area contributed by atoms with Gasteiger partial charge >= 0.3 is 6.03 Å². The van der Waals surface area contributed by atoms with Crippen molar-refractivity contribution in [1.29, 1.82) is 0 Å². The van der Waals surface area contributed by atoms with Crippen LogP contribution in [0.1, 0.15) is 42.5 Å². The molecule has 2 aromatic carbocycles. The Bertz CT molecular complexity index is 758. The number of rotatable bonds is 4. The molecule has 0 atom stereocenters. The van der Waals surface area contributed by atoms with E-state index in [-0.39, 0.29) is 12.1 Å². The molecule has 2 amide bonds. The number of carbonyl (C=O) groups excluding carboxylic acids is 1. The third kappa shape index (κ3) is 4.16. The Balaban J connectivity index is 1.84. The van der Waals surface area contributed by atoms with Crippen LogP contribution in [0.2, 0.25) is 0 Å². The number of benzene rings is 2. The molecule has 136 valence electrons. The first-order chi connectivity index (χ1) is 12.6. The minimum Gasteiger partial charge on any atom is -0.336 e. The van der Waals surface area contributed by atoms with E-state index in [9.17, 15) is 4.79 Å². The van der Waals surface area contributed by atoms with Crippen LogP contribution < -0.4 is 5.32 Å². The van der Waals surface area contributed by atoms with E-state index in [1.165, 1.54) is 27.8 Å². The maximum Gasteiger partial charge on any atom is 0.317 e. The Hall–Kier alpha value is -2.55. The van der Waals surface area contributed by atoms with E-state index in [0.717, 1.165) is 19.3 Å². The first-order valence-electron chi connectivity index (χ1n) is 9.44. The molecular formula is C23H28N2O. The summed E-state index contributed by atoms with van der Waals surface area (Å²) < 4.78 is 0. The second-order valence-electron chi connectivity index (χ2n) is 7.25. The zero-order chi connectivity index (χ0) is 18.5. The monoisotopic (exact) mass is 348 g/mol. The van der Waals surface area contributed by atoms with Gasteiger partial charge in [0.2, 0.25) is 0 Å². The molecule has 0 heterocycles. The molecule has 0 unspecified atom stereocenters. The van der Waals surface area contributed by atoms with E-state index in [1.54, 1.807) is 4.90 Å². The van der Waals surface area contributed by atoms with Crippen molar-refractivity contribution in [1.82, 2.24) is 10.2 Å². The lowest BCUT2D eigenvalue weighted by Gasteiger charge is -2.19. The van der Waals surface area contributed by atoms with Gasteiger partial charge in [-0.15, -0.1) is 0 Å². The van der Waals surface area contributed by atoms with Crippen LogP contribution in [0.3, 0.4) is 0 Å². The Morgan fingerprint density at radius 2 is 1.58 bits per heavy atom. The summed E-state index contributed by atoms with van der Waals surface area (Å²) in [6.07, 6.45) is 5.27. The smallest absolute Gasteiger partial charge is 0.317 e. The minimum atomic E-state index is -0.0138. The predicted molar refractivity (Wildman–Crippen MR) is 108 cm³/mol. The largest absolute Gasteiger partial charge is 0.336 e. The van der Waals surface area contributed by atoms with Gasteiger partial charge in [-0.2, -0.15) is 0 Å². The molecule has 2 aromatic rings. The van der Waals surface area contributed by atoms with E-state index < -0.39 is 0 Å². The van der Waals surface area contributed by atoms with Crippen molar-refractivity contribution in [3.8, 4) is 0 Å². The van der Waals surface area contributed by atoms with Gasteiger partial charge in [0.05, 0.1) is 0 Å². The van der Waals surface area contributed by atoms with Crippen LogP contribution in [0.25, 0.3) is 5.57 Å². The lowest BCUT2D eigenvalue weighted by atomic mass is 9.93. The highest BCUT2D eigenvalue weighted by Gasteiger charge is 2.17. The Morgan fingerprint density at radius 1 is 1.04 bits per heavy atom. The molecule has 3 heteroatoms. The highest BCUT2D eigenvalue weighted by Crippen LogP contribution is 2.33. The van der Waals surface area contributed by atoms with Gasteiger partial charge in [-0.1, -0.05) is 54.6 Å². The van der Waals surface area contributed by atoms with Crippen molar-refractivity contribution in [3.63, 3.8) is 0 Å². The third-order valence-electron chi connectivity index (χ3n) is 4.85. The molecule has 3 rings (SSSR count). The van der Waals surface area contributed by atoms with Crippen LogP contribution >= 0.6 is 0 Å². The van der Waals surface area contributed by atoms with Crippen LogP contribution in [-0.4, -0.2) is 30.6 Å². The van der Waals surface area contributed by atoms with E-state index >= 15 is 0 Å². The maximum absolute atomic E-state index is 12.1. The van der Waals surface area contributed by atoms with Gasteiger partial charge in [-0.3, -0.25) is 0 Å². The van der Waals surface area contributed by atoms with Crippen molar-refractivity contribution in [2.45, 2.75) is 39.2 Å². The number of amides is 2. The molecule has 0 fully saturated rings. The normalized spacial score (nSPS) is 12.8. The standard InChI is InChI=1S/C23H28N2O/c1-17(2)24-23(26)25(3)16-8-13-22-20-11-6-4-9-18(20)14-15-19-10-5-7-12-21(19)22/h4-7,9-13,17H,8,14-16H2,1-3H3,(H,24,26). The number of nitrogens with zero attached hydrogens (tertiary/aromatic N) is 1. The molecule has 0 aromatic heterocycles. The summed E-state index contributed by atoms with van der Waals surface area (Å²) in [5.74, 6) is 0. The van der Waals surface area contributed by atoms with Crippen molar-refractivity contribution in [3.05, 3.63) is 76.9 Å². The SMILES string of the molecule is CC(C)NC(=O)N(C)CCC=C1c2ccccc2CCc2ccccc21. The summed E-state index contributed by atoms with van der Waals surface area (Å²) in [6, 6.07) is 17.5. The number of hydrogen-bond donors (Lipinski definition) is 1. The Kier molecular flexibility index (Phi) is 5.77. The Labute approximate surface area is 156 Å². The summed E-state index contributed by atoms with van der Waals surface area (Å²) >= 11 is 0. The van der Waals surface area contributed by atoms with Gasteiger partial charge in [0, 0.05) is 19.6 Å². The molecule has 26 heavy (non-hydrogen) atoms. The summed E-state index contributed by atoms with van der Waals surface area (Å²) in [5, 5.41) is 2.94. The number of aryl methyl sites for hydroxylation is 2. The molecular weight excluding hydrogens is 320 g/mol. The van der Waals surface area contributed by atoms with Crippen molar-refractivity contribution >= 4 is 11.6 Å². The van der Waals surface area contributed by atoms with Gasteiger partial charge in [0.25, 0.3) is 0 Å². The van der Waals surface area contributed by atoms with Crippen molar-refractivity contribution in [2.75, 3.05) is 13.6 Å². The van der Waals surface area contributed by atoms with Gasteiger partial charge in [-0.25, -0.2) is 4.79 Å². The van der Waals surface area contributed by atoms with Gasteiger partial charge in [0.1, 0.15) is 0 Å². The Morgan fingerprint density at radius 3 is 2.12 bits per heavy atom. The fraction of sp³-hybridized carbons (Fsp3) is 0.348. The summed E-state index contributed by atoms with van der Waals surface area (Å²) in [4.78, 5) is 13.8. The number of carbonyl (C=O) groups is 1. The van der Waals surface area contributed by atoms with E-state index in [0.29, 0.717) is 6.54 Å². The molecule has 0 bridgehead atoms. The number of nitrogens with one attached hydrogen (secondary N) is 1. The molecule has 0 radical (unpaired) electrons. The molecule has 0 saturated heterocycles. The third-order valence-corrected chi connectivity index (χ3v) is 4.85. The van der Waals surface area contributed by atoms with E-state index in [1.807, 2.05) is 20.9 Å². The van der Waals surface area contributed by atoms with Crippen LogP contribution in [0, 0.1) is 0 Å². The second kappa shape index (κ2) is 8.22. The first-order valence-corrected chi connectivity index (χ1v) is 9.44. The molecule has 1 N–H and O–H groups in total. The highest BCUT2D eigenvalue weighted by molar-refractivity contribution is 5.84. The first kappa shape index (κ1) is 18.2. The topological polar surface area (TPSA) is 32.3 Å². The molecule has 3 nitrogen and oxygen atoms in total. The van der Waals surface area contributed by atoms with Gasteiger partial charge < -0.3 is 10.2 Å². The average molecular weight is 348 g/mol. The maximum atomic E-state index is 12.1. The minimum absolute atomic E-state index is 0.0138. The van der Waals surface area contributed by atoms with Crippen LogP contribution in [0.15, 0.2) is 54.6 Å². The summed E-state index contributed by atoms with van der Waals surface area (Å²) in [6.45, 7) is 4.66. The quantitative estimate of drug-likeness (QED) is 0.856. The zero-order valence-corrected chi connectivity index (χ0v) is 16.0. The molecule has 1 aliphatic rings. The molecule has 0 spiro atoms. The van der Waals surface area contributed by atoms with Gasteiger partial charge in [0.15, 0.2) is 0 Å². The number of fused-ring (bicyclic) bond motifs is 2. The van der Waals surface area contributed by atoms with Crippen LogP contribution in [-0.2, 0) is 12.8 Å². The zero-order valence-electron chi connectivity index (χ0n) is 16.0. The van der Waals surface area contributed by atoms with E-state index in [2.05, 4.69) is 59.9 Å². The van der Waals surface area contributed by atoms with E-state index in [4.69, 9.17) is 0 Å². The van der Waals surface area contributed by atoms with Crippen LogP contribution in [0.4, 0.5) is 4.79 Å². The van der Waals surface area contributed by atoms with Gasteiger partial charge in [-0.05, 0) is 60.9 Å². The number of urea groups is 1. The predicted octanol–water partition coefficient (Wildman–Crippen LogP) is 4.66. The molecule has 1 aliphatic carbocycles. The lowest BCUT2D eigenvalue weighted by Crippen LogP contribution is -2.41. The van der Waals surface area contributed by atoms with Crippen molar-refractivity contribution < 1.29 is 4.79 Å². The summed E-state index contributed by atoms with van der Waals surface area (Å²) in [5.41, 5.74) is 6.76. The second-order valence-corrected chi connectivity index (χ2v) is 7.25. The highest BCUT2D eigenvalue weighted by atomic mass is 16.2. The fourth-order valence-electron chi connectivity index (χ4n) is 3.50. The lowest BCUT2D eigenvalue weighted by molar-refractivity contribution is 0.207. The van der Waals surface area contributed by atoms with Crippen LogP contribution in [0.5, 0.6) is 0 Å². The van der Waals surface area contributed by atoms with Crippen molar-refractivity contribution in [2.24, 2.45) is 0 Å². The fourth-order valence-corrected chi connectivity index (χ4v) is 3.50.